The van der Waals surface area contributed by atoms with Crippen molar-refractivity contribution >= 4 is 22.8 Å². The minimum atomic E-state index is -0.120. The van der Waals surface area contributed by atoms with Crippen LogP contribution < -0.4 is 5.32 Å². The number of nitrogens with zero attached hydrogens (tertiary/aromatic N) is 3. The molecule has 3 N–H and O–H groups in total. The Bertz CT molecular complexity index is 1150. The Morgan fingerprint density at radius 1 is 1.14 bits per heavy atom. The molecule has 0 aliphatic heterocycles. The monoisotopic (exact) mass is 370 g/mol. The predicted octanol–water partition coefficient (Wildman–Crippen LogP) is 3.79. The van der Waals surface area contributed by atoms with Crippen LogP contribution in [0, 0.1) is 11.3 Å². The summed E-state index contributed by atoms with van der Waals surface area (Å²) in [5, 5.41) is 19.6. The van der Waals surface area contributed by atoms with Crippen molar-refractivity contribution in [2.75, 3.05) is 5.32 Å². The van der Waals surface area contributed by atoms with Crippen molar-refractivity contribution in [3.63, 3.8) is 0 Å². The zero-order valence-electron chi connectivity index (χ0n) is 15.1. The van der Waals surface area contributed by atoms with Gasteiger partial charge in [0.15, 0.2) is 5.82 Å². The highest BCUT2D eigenvalue weighted by Crippen LogP contribution is 2.20. The Morgan fingerprint density at radius 2 is 1.96 bits per heavy atom. The molecular formula is C21H18N6O. The fourth-order valence-electron chi connectivity index (χ4n) is 3.11. The highest BCUT2D eigenvalue weighted by molar-refractivity contribution is 5.89. The lowest BCUT2D eigenvalue weighted by Crippen LogP contribution is -2.12. The number of carbonyl (C=O) groups is 1. The third kappa shape index (κ3) is 3.76. The van der Waals surface area contributed by atoms with Gasteiger partial charge in [-0.2, -0.15) is 10.2 Å². The molecule has 2 aromatic carbocycles. The van der Waals surface area contributed by atoms with E-state index in [0.717, 1.165) is 23.9 Å². The van der Waals surface area contributed by atoms with E-state index in [4.69, 9.17) is 5.26 Å². The molecule has 0 spiro atoms. The molecule has 0 atom stereocenters. The third-order valence-corrected chi connectivity index (χ3v) is 4.55. The standard InChI is InChI=1S/C21H18N6O/c22-12-14-8-10-15(11-9-14)20-25-21(27-26-20)24-19(28)7-3-4-16-13-23-18-6-2-1-5-17(16)18/h1-2,5-6,8-11,13,23H,3-4,7H2,(H2,24,25,26,27,28). The molecule has 138 valence electrons. The second-order valence-corrected chi connectivity index (χ2v) is 6.46. The second kappa shape index (κ2) is 7.76. The third-order valence-electron chi connectivity index (χ3n) is 4.55. The molecule has 2 heterocycles. The highest BCUT2D eigenvalue weighted by Gasteiger charge is 2.10. The van der Waals surface area contributed by atoms with E-state index >= 15 is 0 Å². The molecule has 0 radical (unpaired) electrons. The van der Waals surface area contributed by atoms with Gasteiger partial charge in [-0.15, -0.1) is 5.10 Å². The number of aryl methyl sites for hydroxylation is 1. The minimum Gasteiger partial charge on any atom is -0.361 e. The van der Waals surface area contributed by atoms with E-state index in [1.165, 1.54) is 10.9 Å². The number of benzene rings is 2. The number of rotatable bonds is 6. The number of hydrogen-bond donors (Lipinski definition) is 3. The maximum Gasteiger partial charge on any atom is 0.249 e. The predicted molar refractivity (Wildman–Crippen MR) is 106 cm³/mol. The molecule has 0 aliphatic rings. The van der Waals surface area contributed by atoms with Gasteiger partial charge in [-0.05, 0) is 48.7 Å². The van der Waals surface area contributed by atoms with E-state index < -0.39 is 0 Å². The SMILES string of the molecule is N#Cc1ccc(-c2nc(NC(=O)CCCc3c[nH]c4ccccc34)n[nH]2)cc1. The summed E-state index contributed by atoms with van der Waals surface area (Å²) in [6.45, 7) is 0. The van der Waals surface area contributed by atoms with Gasteiger partial charge in [-0.1, -0.05) is 18.2 Å². The number of para-hydroxylation sites is 1. The van der Waals surface area contributed by atoms with Gasteiger partial charge in [0.25, 0.3) is 0 Å². The molecule has 2 aromatic heterocycles. The first-order valence-electron chi connectivity index (χ1n) is 9.01. The average Bonchev–Trinajstić information content (AvgIpc) is 3.35. The van der Waals surface area contributed by atoms with Gasteiger partial charge in [-0.25, -0.2) is 0 Å². The number of anilines is 1. The summed E-state index contributed by atoms with van der Waals surface area (Å²) in [5.74, 6) is 0.667. The Hall–Kier alpha value is -3.92. The van der Waals surface area contributed by atoms with Crippen LogP contribution in [0.2, 0.25) is 0 Å². The molecule has 0 fully saturated rings. The zero-order valence-corrected chi connectivity index (χ0v) is 15.1. The summed E-state index contributed by atoms with van der Waals surface area (Å²) in [4.78, 5) is 19.7. The van der Waals surface area contributed by atoms with Gasteiger partial charge >= 0.3 is 0 Å². The van der Waals surface area contributed by atoms with Crippen molar-refractivity contribution in [3.05, 3.63) is 65.9 Å². The molecule has 28 heavy (non-hydrogen) atoms. The average molecular weight is 370 g/mol. The van der Waals surface area contributed by atoms with E-state index in [9.17, 15) is 4.79 Å². The molecule has 4 aromatic rings. The van der Waals surface area contributed by atoms with E-state index in [1.54, 1.807) is 24.3 Å². The Kier molecular flexibility index (Phi) is 4.85. The van der Waals surface area contributed by atoms with Gasteiger partial charge in [0.2, 0.25) is 11.9 Å². The lowest BCUT2D eigenvalue weighted by Gasteiger charge is -2.01. The van der Waals surface area contributed by atoms with Gasteiger partial charge < -0.3 is 4.98 Å². The Morgan fingerprint density at radius 3 is 2.79 bits per heavy atom. The Balaban J connectivity index is 1.31. The molecule has 7 nitrogen and oxygen atoms in total. The fraction of sp³-hybridized carbons (Fsp3) is 0.143. The molecule has 0 unspecified atom stereocenters. The van der Waals surface area contributed by atoms with Crippen LogP contribution in [0.4, 0.5) is 5.95 Å². The maximum atomic E-state index is 12.2. The quantitative estimate of drug-likeness (QED) is 0.479. The molecule has 1 amide bonds. The molecular weight excluding hydrogens is 352 g/mol. The summed E-state index contributed by atoms with van der Waals surface area (Å²) in [5.41, 5.74) is 3.70. The molecule has 0 bridgehead atoms. The number of H-pyrrole nitrogens is 2. The lowest BCUT2D eigenvalue weighted by atomic mass is 10.1. The van der Waals surface area contributed by atoms with Crippen LogP contribution in [0.5, 0.6) is 0 Å². The maximum absolute atomic E-state index is 12.2. The van der Waals surface area contributed by atoms with Gasteiger partial charge in [-0.3, -0.25) is 15.2 Å². The Labute approximate surface area is 161 Å². The largest absolute Gasteiger partial charge is 0.361 e. The van der Waals surface area contributed by atoms with E-state index in [2.05, 4.69) is 37.6 Å². The lowest BCUT2D eigenvalue weighted by molar-refractivity contribution is -0.116. The molecule has 0 saturated heterocycles. The number of nitriles is 1. The van der Waals surface area contributed by atoms with Crippen molar-refractivity contribution in [1.29, 1.82) is 5.26 Å². The van der Waals surface area contributed by atoms with Gasteiger partial charge in [0.1, 0.15) is 0 Å². The molecule has 0 aliphatic carbocycles. The normalized spacial score (nSPS) is 10.7. The van der Waals surface area contributed by atoms with E-state index in [-0.39, 0.29) is 11.9 Å². The second-order valence-electron chi connectivity index (χ2n) is 6.46. The van der Waals surface area contributed by atoms with Crippen LogP contribution in [0.15, 0.2) is 54.7 Å². The van der Waals surface area contributed by atoms with Crippen LogP contribution in [-0.2, 0) is 11.2 Å². The van der Waals surface area contributed by atoms with Gasteiger partial charge in [0, 0.05) is 29.1 Å². The van der Waals surface area contributed by atoms with Crippen molar-refractivity contribution in [2.45, 2.75) is 19.3 Å². The zero-order chi connectivity index (χ0) is 19.3. The summed E-state index contributed by atoms with van der Waals surface area (Å²) in [6.07, 6.45) is 3.95. The number of carbonyl (C=O) groups excluding carboxylic acids is 1. The summed E-state index contributed by atoms with van der Waals surface area (Å²) >= 11 is 0. The van der Waals surface area contributed by atoms with Crippen molar-refractivity contribution in [3.8, 4) is 17.5 Å². The number of amides is 1. The number of fused-ring (bicyclic) bond motifs is 1. The summed E-state index contributed by atoms with van der Waals surface area (Å²) in [6, 6.07) is 17.2. The molecule has 7 heteroatoms. The highest BCUT2D eigenvalue weighted by atomic mass is 16.1. The number of aromatic nitrogens is 4. The van der Waals surface area contributed by atoms with Crippen molar-refractivity contribution in [2.24, 2.45) is 0 Å². The molecule has 4 rings (SSSR count). The summed E-state index contributed by atoms with van der Waals surface area (Å²) < 4.78 is 0. The van der Waals surface area contributed by atoms with Crippen LogP contribution >= 0.6 is 0 Å². The van der Waals surface area contributed by atoms with E-state index in [0.29, 0.717) is 17.8 Å². The first kappa shape index (κ1) is 17.5. The van der Waals surface area contributed by atoms with Crippen LogP contribution in [0.1, 0.15) is 24.0 Å². The van der Waals surface area contributed by atoms with E-state index in [1.807, 2.05) is 24.4 Å². The smallest absolute Gasteiger partial charge is 0.249 e. The fourth-order valence-corrected chi connectivity index (χ4v) is 3.11. The minimum absolute atomic E-state index is 0.120. The number of aromatic amines is 2. The number of hydrogen-bond acceptors (Lipinski definition) is 4. The first-order chi connectivity index (χ1) is 13.7. The number of nitrogens with one attached hydrogen (secondary N) is 3. The van der Waals surface area contributed by atoms with Gasteiger partial charge in [0.05, 0.1) is 11.6 Å². The van der Waals surface area contributed by atoms with Crippen LogP contribution in [0.25, 0.3) is 22.3 Å². The first-order valence-corrected chi connectivity index (χ1v) is 9.01. The van der Waals surface area contributed by atoms with Crippen LogP contribution in [0.3, 0.4) is 0 Å². The molecule has 0 saturated carbocycles. The van der Waals surface area contributed by atoms with Crippen molar-refractivity contribution in [1.82, 2.24) is 20.2 Å². The summed E-state index contributed by atoms with van der Waals surface area (Å²) in [7, 11) is 0. The van der Waals surface area contributed by atoms with Crippen LogP contribution in [-0.4, -0.2) is 26.1 Å². The topological polar surface area (TPSA) is 110 Å². The van der Waals surface area contributed by atoms with Crippen molar-refractivity contribution < 1.29 is 4.79 Å².